The first-order valence-corrected chi connectivity index (χ1v) is 9.78. The average Bonchev–Trinajstić information content (AvgIpc) is 2.50. The third-order valence-corrected chi connectivity index (χ3v) is 5.37. The summed E-state index contributed by atoms with van der Waals surface area (Å²) in [5.74, 6) is 0. The second kappa shape index (κ2) is 9.36. The van der Waals surface area contributed by atoms with Crippen LogP contribution in [0.4, 0.5) is 17.6 Å². The fourth-order valence-electron chi connectivity index (χ4n) is 1.83. The Morgan fingerprint density at radius 1 is 1.00 bits per heavy atom. The molecule has 0 amide bonds. The van der Waals surface area contributed by atoms with E-state index in [1.807, 2.05) is 40.6 Å². The first-order valence-electron chi connectivity index (χ1n) is 7.05. The summed E-state index contributed by atoms with van der Waals surface area (Å²) in [4.78, 5) is 2.15. The Kier molecular flexibility index (Phi) is 8.07. The number of halogens is 4. The third kappa shape index (κ3) is 8.17. The highest BCUT2D eigenvalue weighted by Gasteiger charge is 2.32. The van der Waals surface area contributed by atoms with Crippen LogP contribution < -0.4 is 0 Å². The van der Waals surface area contributed by atoms with Gasteiger partial charge in [0.2, 0.25) is 10.4 Å². The average molecular weight is 412 g/mol. The lowest BCUT2D eigenvalue weighted by atomic mass is 10.1. The Morgan fingerprint density at radius 3 is 1.96 bits per heavy atom. The van der Waals surface area contributed by atoms with Crippen molar-refractivity contribution >= 4 is 21.3 Å². The number of aryl methyl sites for hydroxylation is 2. The van der Waals surface area contributed by atoms with Gasteiger partial charge in [-0.15, -0.1) is 13.2 Å². The molecule has 1 unspecified atom stereocenters. The summed E-state index contributed by atoms with van der Waals surface area (Å²) >= 11 is 0. The van der Waals surface area contributed by atoms with Crippen LogP contribution >= 0.6 is 0 Å². The Hall–Kier alpha value is -1.62. The minimum Gasteiger partial charge on any atom is -0.725 e. The zero-order valence-electron chi connectivity index (χ0n) is 13.8. The molecule has 0 aliphatic heterocycles. The number of alkyl halides is 4. The van der Waals surface area contributed by atoms with Crippen molar-refractivity contribution in [3.05, 3.63) is 59.7 Å². The molecule has 0 saturated carbocycles. The third-order valence-electron chi connectivity index (χ3n) is 3.10. The van der Waals surface area contributed by atoms with Gasteiger partial charge in [-0.05, 0) is 49.2 Å². The zero-order chi connectivity index (χ0) is 20.0. The zero-order valence-corrected chi connectivity index (χ0v) is 15.4. The van der Waals surface area contributed by atoms with E-state index in [0.717, 1.165) is 9.79 Å². The minimum absolute atomic E-state index is 0.327. The lowest BCUT2D eigenvalue weighted by Crippen LogP contribution is -2.18. The van der Waals surface area contributed by atoms with Crippen LogP contribution in [0.5, 0.6) is 0 Å². The summed E-state index contributed by atoms with van der Waals surface area (Å²) in [6.07, 6.45) is -5.42. The molecule has 0 fully saturated rings. The van der Waals surface area contributed by atoms with Crippen LogP contribution in [-0.4, -0.2) is 25.3 Å². The van der Waals surface area contributed by atoms with Gasteiger partial charge in [0, 0.05) is 0 Å². The summed E-state index contributed by atoms with van der Waals surface area (Å²) in [5, 5.41) is 0. The van der Waals surface area contributed by atoms with E-state index in [2.05, 4.69) is 26.0 Å². The van der Waals surface area contributed by atoms with Crippen LogP contribution in [0.1, 0.15) is 11.1 Å². The standard InChI is InChI=1S/C15H16FS.CHF3O4S/c1-12-8-9-15(10-13(12)2)17(11-16)14-6-4-3-5-7-14;2-1(3,4)8-9(5,6)7/h3-10H,11H2,1-2H3;(H,5,6,7)/q+1;/p-1. The molecule has 0 spiro atoms. The van der Waals surface area contributed by atoms with Gasteiger partial charge in [0.15, 0.2) is 9.79 Å². The van der Waals surface area contributed by atoms with E-state index in [1.165, 1.54) is 11.1 Å². The summed E-state index contributed by atoms with van der Waals surface area (Å²) in [5.41, 5.74) is 2.48. The van der Waals surface area contributed by atoms with E-state index < -0.39 is 27.7 Å². The number of hydrogen-bond acceptors (Lipinski definition) is 4. The van der Waals surface area contributed by atoms with Gasteiger partial charge in [-0.3, -0.25) is 0 Å². The molecule has 2 aromatic carbocycles. The maximum atomic E-state index is 13.3. The highest BCUT2D eigenvalue weighted by Crippen LogP contribution is 2.25. The van der Waals surface area contributed by atoms with Gasteiger partial charge in [0.1, 0.15) is 0 Å². The molecule has 4 nitrogen and oxygen atoms in total. The van der Waals surface area contributed by atoms with Crippen molar-refractivity contribution in [2.24, 2.45) is 0 Å². The molecule has 0 aliphatic rings. The topological polar surface area (TPSA) is 66.4 Å². The van der Waals surface area contributed by atoms with E-state index >= 15 is 0 Å². The molecule has 0 N–H and O–H groups in total. The smallest absolute Gasteiger partial charge is 0.536 e. The highest BCUT2D eigenvalue weighted by atomic mass is 32.3. The molecule has 0 saturated heterocycles. The van der Waals surface area contributed by atoms with Crippen molar-refractivity contribution in [3.8, 4) is 0 Å². The lowest BCUT2D eigenvalue weighted by molar-refractivity contribution is -0.275. The quantitative estimate of drug-likeness (QED) is 0.326. The molecule has 0 aliphatic carbocycles. The molecule has 1 atom stereocenters. The predicted octanol–water partition coefficient (Wildman–Crippen LogP) is 4.25. The van der Waals surface area contributed by atoms with Gasteiger partial charge in [-0.25, -0.2) is 8.42 Å². The maximum absolute atomic E-state index is 13.3. The van der Waals surface area contributed by atoms with Gasteiger partial charge < -0.3 is 4.55 Å². The molecule has 144 valence electrons. The normalized spacial score (nSPS) is 12.9. The molecule has 2 rings (SSSR count). The first kappa shape index (κ1) is 22.4. The highest BCUT2D eigenvalue weighted by molar-refractivity contribution is 7.96. The summed E-state index contributed by atoms with van der Waals surface area (Å²) in [7, 11) is -6.10. The van der Waals surface area contributed by atoms with Crippen molar-refractivity contribution in [2.45, 2.75) is 30.0 Å². The Bertz CT molecular complexity index is 809. The minimum atomic E-state index is -5.66. The van der Waals surface area contributed by atoms with Crippen LogP contribution in [0, 0.1) is 13.8 Å². The molecule has 26 heavy (non-hydrogen) atoms. The van der Waals surface area contributed by atoms with Crippen molar-refractivity contribution in [3.63, 3.8) is 0 Å². The fraction of sp³-hybridized carbons (Fsp3) is 0.250. The van der Waals surface area contributed by atoms with Crippen LogP contribution in [0.2, 0.25) is 0 Å². The van der Waals surface area contributed by atoms with E-state index in [-0.39, 0.29) is 6.01 Å². The molecule has 10 heteroatoms. The number of rotatable bonds is 4. The molecule has 0 radical (unpaired) electrons. The van der Waals surface area contributed by atoms with Crippen molar-refractivity contribution < 1.29 is 34.7 Å². The second-order valence-corrected chi connectivity index (χ2v) is 7.92. The van der Waals surface area contributed by atoms with Gasteiger partial charge >= 0.3 is 6.36 Å². The number of hydrogen-bond donors (Lipinski definition) is 0. The fourth-order valence-corrected chi connectivity index (χ4v) is 3.62. The predicted molar refractivity (Wildman–Crippen MR) is 89.1 cm³/mol. The van der Waals surface area contributed by atoms with Gasteiger partial charge in [-0.1, -0.05) is 24.3 Å². The Labute approximate surface area is 152 Å². The van der Waals surface area contributed by atoms with Crippen LogP contribution in [0.3, 0.4) is 0 Å². The van der Waals surface area contributed by atoms with Crippen molar-refractivity contribution in [1.82, 2.24) is 0 Å². The van der Waals surface area contributed by atoms with Crippen LogP contribution in [0.15, 0.2) is 58.3 Å². The van der Waals surface area contributed by atoms with Crippen LogP contribution in [0.25, 0.3) is 0 Å². The van der Waals surface area contributed by atoms with Crippen molar-refractivity contribution in [1.29, 1.82) is 0 Å². The molecule has 0 aromatic heterocycles. The number of benzene rings is 2. The molecular weight excluding hydrogens is 396 g/mol. The Balaban J connectivity index is 0.000000321. The molecule has 0 bridgehead atoms. The largest absolute Gasteiger partial charge is 0.725 e. The summed E-state index contributed by atoms with van der Waals surface area (Å²) < 4.78 is 75.0. The molecular formula is C16H16F4O4S2. The summed E-state index contributed by atoms with van der Waals surface area (Å²) in [6, 6.07) is 15.8. The SMILES string of the molecule is Cc1ccc([S+](CF)c2ccccc2)cc1C.O=S(=O)([O-])OC(F)(F)F. The van der Waals surface area contributed by atoms with Gasteiger partial charge in [0.25, 0.3) is 6.01 Å². The summed E-state index contributed by atoms with van der Waals surface area (Å²) in [6.45, 7) is 4.15. The Morgan fingerprint density at radius 2 is 1.58 bits per heavy atom. The monoisotopic (exact) mass is 412 g/mol. The van der Waals surface area contributed by atoms with E-state index in [1.54, 1.807) is 0 Å². The molecule has 0 heterocycles. The molecule has 2 aromatic rings. The second-order valence-electron chi connectivity index (χ2n) is 5.00. The van der Waals surface area contributed by atoms with Gasteiger partial charge in [0.05, 0.1) is 10.9 Å². The lowest BCUT2D eigenvalue weighted by Gasteiger charge is -2.08. The van der Waals surface area contributed by atoms with Crippen LogP contribution in [-0.2, 0) is 25.5 Å². The maximum Gasteiger partial charge on any atom is 0.536 e. The van der Waals surface area contributed by atoms with E-state index in [9.17, 15) is 17.6 Å². The first-order chi connectivity index (χ1) is 11.9. The van der Waals surface area contributed by atoms with Gasteiger partial charge in [-0.2, -0.15) is 8.57 Å². The van der Waals surface area contributed by atoms with E-state index in [4.69, 9.17) is 13.0 Å². The van der Waals surface area contributed by atoms with E-state index in [0.29, 0.717) is 0 Å². The van der Waals surface area contributed by atoms with Crippen molar-refractivity contribution in [2.75, 3.05) is 6.01 Å².